The summed E-state index contributed by atoms with van der Waals surface area (Å²) in [5.74, 6) is 1.83. The largest absolute Gasteiger partial charge is 0.484 e. The monoisotopic (exact) mass is 366 g/mol. The van der Waals surface area contributed by atoms with Crippen LogP contribution >= 0.6 is 35.0 Å². The molecule has 1 heterocycles. The Hall–Kier alpha value is -1.69. The van der Waals surface area contributed by atoms with E-state index in [0.717, 1.165) is 5.56 Å². The maximum absolute atomic E-state index is 5.95. The fourth-order valence-electron chi connectivity index (χ4n) is 1.80. The lowest BCUT2D eigenvalue weighted by Crippen LogP contribution is -1.95. The highest BCUT2D eigenvalue weighted by molar-refractivity contribution is 7.98. The molecule has 0 unspecified atom stereocenters. The molecule has 0 saturated heterocycles. The van der Waals surface area contributed by atoms with Crippen molar-refractivity contribution in [2.24, 2.45) is 0 Å². The minimum Gasteiger partial charge on any atom is -0.484 e. The SMILES string of the molecule is Clc1ccc(OCc2nnc(SCc3cccc(Cl)c3)o2)cc1. The number of hydrogen-bond donors (Lipinski definition) is 0. The molecule has 23 heavy (non-hydrogen) atoms. The van der Waals surface area contributed by atoms with E-state index in [1.165, 1.54) is 11.8 Å². The summed E-state index contributed by atoms with van der Waals surface area (Å²) in [7, 11) is 0. The summed E-state index contributed by atoms with van der Waals surface area (Å²) in [6.07, 6.45) is 0. The van der Waals surface area contributed by atoms with Crippen LogP contribution in [-0.2, 0) is 12.4 Å². The van der Waals surface area contributed by atoms with Crippen LogP contribution in [-0.4, -0.2) is 10.2 Å². The van der Waals surface area contributed by atoms with Gasteiger partial charge in [-0.2, -0.15) is 0 Å². The first kappa shape index (κ1) is 16.2. The molecule has 4 nitrogen and oxygen atoms in total. The second kappa shape index (κ2) is 7.73. The summed E-state index contributed by atoms with van der Waals surface area (Å²) >= 11 is 13.2. The van der Waals surface area contributed by atoms with Crippen molar-refractivity contribution in [3.8, 4) is 5.75 Å². The summed E-state index contributed by atoms with van der Waals surface area (Å²) < 4.78 is 11.1. The molecule has 0 fully saturated rings. The number of hydrogen-bond acceptors (Lipinski definition) is 5. The van der Waals surface area contributed by atoms with Gasteiger partial charge >= 0.3 is 0 Å². The Morgan fingerprint density at radius 2 is 1.83 bits per heavy atom. The van der Waals surface area contributed by atoms with Gasteiger partial charge in [0.25, 0.3) is 11.1 Å². The van der Waals surface area contributed by atoms with E-state index >= 15 is 0 Å². The molecule has 7 heteroatoms. The Morgan fingerprint density at radius 1 is 1.00 bits per heavy atom. The molecule has 0 aliphatic carbocycles. The predicted octanol–water partition coefficient (Wildman–Crippen LogP) is 5.25. The average molecular weight is 367 g/mol. The van der Waals surface area contributed by atoms with Crippen LogP contribution in [0, 0.1) is 0 Å². The lowest BCUT2D eigenvalue weighted by atomic mass is 10.2. The minimum atomic E-state index is 0.215. The molecule has 0 bridgehead atoms. The molecule has 0 N–H and O–H groups in total. The molecule has 0 aliphatic heterocycles. The molecule has 0 amide bonds. The van der Waals surface area contributed by atoms with Crippen molar-refractivity contribution < 1.29 is 9.15 Å². The minimum absolute atomic E-state index is 0.215. The van der Waals surface area contributed by atoms with E-state index < -0.39 is 0 Å². The zero-order chi connectivity index (χ0) is 16.1. The van der Waals surface area contributed by atoms with Crippen LogP contribution in [0.15, 0.2) is 58.2 Å². The molecule has 0 saturated carbocycles. The number of rotatable bonds is 6. The number of benzene rings is 2. The summed E-state index contributed by atoms with van der Waals surface area (Å²) in [4.78, 5) is 0. The zero-order valence-corrected chi connectivity index (χ0v) is 14.2. The van der Waals surface area contributed by atoms with Crippen molar-refractivity contribution >= 4 is 35.0 Å². The van der Waals surface area contributed by atoms with E-state index in [2.05, 4.69) is 10.2 Å². The van der Waals surface area contributed by atoms with E-state index in [1.54, 1.807) is 24.3 Å². The summed E-state index contributed by atoms with van der Waals surface area (Å²) in [6, 6.07) is 14.8. The van der Waals surface area contributed by atoms with Crippen molar-refractivity contribution in [2.75, 3.05) is 0 Å². The first-order valence-electron chi connectivity index (χ1n) is 6.77. The van der Waals surface area contributed by atoms with E-state index in [9.17, 15) is 0 Å². The van der Waals surface area contributed by atoms with Gasteiger partial charge in [-0.15, -0.1) is 10.2 Å². The maximum Gasteiger partial charge on any atom is 0.277 e. The molecule has 0 atom stereocenters. The number of halogens is 2. The topological polar surface area (TPSA) is 48.2 Å². The fourth-order valence-corrected chi connectivity index (χ4v) is 2.86. The van der Waals surface area contributed by atoms with E-state index in [4.69, 9.17) is 32.4 Å². The molecule has 0 radical (unpaired) electrons. The lowest BCUT2D eigenvalue weighted by molar-refractivity contribution is 0.252. The molecule has 0 spiro atoms. The standard InChI is InChI=1S/C16H12Cl2N2O2S/c17-12-4-6-14(7-5-12)21-9-15-19-20-16(22-15)23-10-11-2-1-3-13(18)8-11/h1-8H,9-10H2. The Morgan fingerprint density at radius 3 is 2.61 bits per heavy atom. The quantitative estimate of drug-likeness (QED) is 0.557. The van der Waals surface area contributed by atoms with Gasteiger partial charge in [0.15, 0.2) is 6.61 Å². The van der Waals surface area contributed by atoms with Crippen LogP contribution in [0.1, 0.15) is 11.5 Å². The van der Waals surface area contributed by atoms with Gasteiger partial charge in [-0.1, -0.05) is 47.1 Å². The molecule has 0 aliphatic rings. The zero-order valence-electron chi connectivity index (χ0n) is 11.9. The van der Waals surface area contributed by atoms with Crippen LogP contribution in [0.4, 0.5) is 0 Å². The fraction of sp³-hybridized carbons (Fsp3) is 0.125. The highest BCUT2D eigenvalue weighted by Gasteiger charge is 2.08. The second-order valence-corrected chi connectivity index (χ2v) is 6.42. The number of aromatic nitrogens is 2. The smallest absolute Gasteiger partial charge is 0.277 e. The van der Waals surface area contributed by atoms with Gasteiger partial charge in [-0.05, 0) is 42.0 Å². The van der Waals surface area contributed by atoms with E-state index in [0.29, 0.717) is 32.7 Å². The van der Waals surface area contributed by atoms with Gasteiger partial charge in [0.1, 0.15) is 5.75 Å². The summed E-state index contributed by atoms with van der Waals surface area (Å²) in [6.45, 7) is 0.215. The molecule has 1 aromatic heterocycles. The second-order valence-electron chi connectivity index (χ2n) is 4.62. The number of nitrogens with zero attached hydrogens (tertiary/aromatic N) is 2. The normalized spacial score (nSPS) is 10.7. The summed E-state index contributed by atoms with van der Waals surface area (Å²) in [5, 5.41) is 9.83. The van der Waals surface area contributed by atoms with E-state index in [-0.39, 0.29) is 6.61 Å². The van der Waals surface area contributed by atoms with E-state index in [1.807, 2.05) is 24.3 Å². The molecular weight excluding hydrogens is 355 g/mol. The van der Waals surface area contributed by atoms with Crippen LogP contribution in [0.25, 0.3) is 0 Å². The van der Waals surface area contributed by atoms with Crippen molar-refractivity contribution in [1.82, 2.24) is 10.2 Å². The molecule has 118 valence electrons. The third kappa shape index (κ3) is 4.89. The molecule has 3 aromatic rings. The van der Waals surface area contributed by atoms with Gasteiger partial charge in [-0.25, -0.2) is 0 Å². The third-order valence-electron chi connectivity index (χ3n) is 2.88. The Bertz CT molecular complexity index is 778. The number of thioether (sulfide) groups is 1. The first-order chi connectivity index (χ1) is 11.2. The van der Waals surface area contributed by atoms with Gasteiger partial charge in [-0.3, -0.25) is 0 Å². The highest BCUT2D eigenvalue weighted by Crippen LogP contribution is 2.23. The molecule has 2 aromatic carbocycles. The average Bonchev–Trinajstić information content (AvgIpc) is 3.00. The number of ether oxygens (including phenoxy) is 1. The predicted molar refractivity (Wildman–Crippen MR) is 91.1 cm³/mol. The Balaban J connectivity index is 1.52. The highest BCUT2D eigenvalue weighted by atomic mass is 35.5. The Labute approximate surface area is 147 Å². The molecular formula is C16H12Cl2N2O2S. The van der Waals surface area contributed by atoms with Crippen molar-refractivity contribution in [3.05, 3.63) is 70.0 Å². The first-order valence-corrected chi connectivity index (χ1v) is 8.51. The van der Waals surface area contributed by atoms with Crippen LogP contribution in [0.2, 0.25) is 10.0 Å². The third-order valence-corrected chi connectivity index (χ3v) is 4.25. The van der Waals surface area contributed by atoms with Crippen molar-refractivity contribution in [1.29, 1.82) is 0 Å². The van der Waals surface area contributed by atoms with Gasteiger partial charge in [0.05, 0.1) is 0 Å². The van der Waals surface area contributed by atoms with Crippen LogP contribution < -0.4 is 4.74 Å². The summed E-state index contributed by atoms with van der Waals surface area (Å²) in [5.41, 5.74) is 1.10. The van der Waals surface area contributed by atoms with Gasteiger partial charge in [0, 0.05) is 15.8 Å². The van der Waals surface area contributed by atoms with Crippen molar-refractivity contribution in [2.45, 2.75) is 17.6 Å². The van der Waals surface area contributed by atoms with Gasteiger partial charge in [0.2, 0.25) is 0 Å². The van der Waals surface area contributed by atoms with Gasteiger partial charge < -0.3 is 9.15 Å². The lowest BCUT2D eigenvalue weighted by Gasteiger charge is -2.02. The van der Waals surface area contributed by atoms with Crippen LogP contribution in [0.5, 0.6) is 5.75 Å². The maximum atomic E-state index is 5.95. The molecule has 3 rings (SSSR count). The van der Waals surface area contributed by atoms with Crippen LogP contribution in [0.3, 0.4) is 0 Å². The van der Waals surface area contributed by atoms with Crippen molar-refractivity contribution in [3.63, 3.8) is 0 Å². The Kier molecular flexibility index (Phi) is 5.43.